The molecule has 4 amide bonds. The van der Waals surface area contributed by atoms with Crippen LogP contribution in [0.25, 0.3) is 0 Å². The van der Waals surface area contributed by atoms with Crippen LogP contribution in [0.5, 0.6) is 0 Å². The topological polar surface area (TPSA) is 81.8 Å². The van der Waals surface area contributed by atoms with E-state index in [0.717, 1.165) is 23.7 Å². The van der Waals surface area contributed by atoms with Crippen molar-refractivity contribution in [3.05, 3.63) is 59.1 Å². The summed E-state index contributed by atoms with van der Waals surface area (Å²) in [6.45, 7) is 3.30. The van der Waals surface area contributed by atoms with E-state index in [2.05, 4.69) is 15.5 Å². The molecule has 1 unspecified atom stereocenters. The molecular weight excluding hydrogens is 428 g/mol. The van der Waals surface area contributed by atoms with Crippen LogP contribution in [0.4, 0.5) is 16.2 Å². The molecule has 2 N–H and O–H groups in total. The third-order valence-electron chi connectivity index (χ3n) is 6.11. The summed E-state index contributed by atoms with van der Waals surface area (Å²) in [4.78, 5) is 41.4. The van der Waals surface area contributed by atoms with Gasteiger partial charge in [0.2, 0.25) is 5.91 Å². The molecule has 7 nitrogen and oxygen atoms in total. The summed E-state index contributed by atoms with van der Waals surface area (Å²) < 4.78 is 0. The third kappa shape index (κ3) is 4.43. The number of benzene rings is 2. The standard InChI is InChI=1S/C24H27ClN4O3/c1-24(19-8-4-5-9-20(19)25)22(31)29(23(32)27-24)16-21(30)26-17-10-12-18(13-11-17)28-14-6-2-3-7-15-28/h4-5,8-13H,2-3,6-7,14-16H2,1H3,(H,26,30)(H,27,32). The van der Waals surface area contributed by atoms with Crippen molar-refractivity contribution in [3.63, 3.8) is 0 Å². The molecule has 1 atom stereocenters. The number of nitrogens with one attached hydrogen (secondary N) is 2. The summed E-state index contributed by atoms with van der Waals surface area (Å²) in [5, 5.41) is 5.82. The first-order valence-electron chi connectivity index (χ1n) is 10.9. The molecule has 0 spiro atoms. The Morgan fingerprint density at radius 2 is 1.69 bits per heavy atom. The normalized spacial score (nSPS) is 21.3. The second kappa shape index (κ2) is 9.20. The first-order chi connectivity index (χ1) is 15.4. The van der Waals surface area contributed by atoms with Gasteiger partial charge in [-0.3, -0.25) is 14.5 Å². The average Bonchev–Trinajstić information content (AvgIpc) is 2.97. The van der Waals surface area contributed by atoms with Gasteiger partial charge >= 0.3 is 6.03 Å². The van der Waals surface area contributed by atoms with E-state index in [9.17, 15) is 14.4 Å². The zero-order valence-corrected chi connectivity index (χ0v) is 18.8. The zero-order chi connectivity index (χ0) is 22.7. The van der Waals surface area contributed by atoms with Crippen LogP contribution in [-0.4, -0.2) is 42.4 Å². The minimum atomic E-state index is -1.31. The van der Waals surface area contributed by atoms with Crippen molar-refractivity contribution in [1.29, 1.82) is 0 Å². The van der Waals surface area contributed by atoms with Gasteiger partial charge in [-0.25, -0.2) is 4.79 Å². The lowest BCUT2D eigenvalue weighted by Crippen LogP contribution is -2.42. The second-order valence-corrected chi connectivity index (χ2v) is 8.83. The van der Waals surface area contributed by atoms with Crippen molar-refractivity contribution in [2.24, 2.45) is 0 Å². The molecule has 168 valence electrons. The summed E-state index contributed by atoms with van der Waals surface area (Å²) in [6, 6.07) is 13.9. The number of halogens is 1. The predicted octanol–water partition coefficient (Wildman–Crippen LogP) is 4.13. The van der Waals surface area contributed by atoms with Crippen molar-refractivity contribution in [3.8, 4) is 0 Å². The number of carbonyl (C=O) groups is 3. The van der Waals surface area contributed by atoms with Crippen LogP contribution in [0.1, 0.15) is 38.2 Å². The highest BCUT2D eigenvalue weighted by Crippen LogP contribution is 2.33. The van der Waals surface area contributed by atoms with E-state index in [1.165, 1.54) is 25.7 Å². The fourth-order valence-corrected chi connectivity index (χ4v) is 4.64. The highest BCUT2D eigenvalue weighted by Gasteiger charge is 2.50. The van der Waals surface area contributed by atoms with Crippen LogP contribution in [0.15, 0.2) is 48.5 Å². The van der Waals surface area contributed by atoms with Crippen LogP contribution >= 0.6 is 11.6 Å². The van der Waals surface area contributed by atoms with Gasteiger partial charge in [0.1, 0.15) is 12.1 Å². The van der Waals surface area contributed by atoms with Crippen molar-refractivity contribution in [2.45, 2.75) is 38.1 Å². The molecule has 2 aliphatic rings. The molecule has 2 heterocycles. The van der Waals surface area contributed by atoms with Gasteiger partial charge < -0.3 is 15.5 Å². The minimum Gasteiger partial charge on any atom is -0.372 e. The van der Waals surface area contributed by atoms with Crippen molar-refractivity contribution >= 4 is 40.8 Å². The maximum atomic E-state index is 13.0. The quantitative estimate of drug-likeness (QED) is 0.665. The molecule has 2 aromatic rings. The van der Waals surface area contributed by atoms with E-state index < -0.39 is 23.4 Å². The van der Waals surface area contributed by atoms with Gasteiger partial charge in [-0.15, -0.1) is 0 Å². The summed E-state index contributed by atoms with van der Waals surface area (Å²) in [5.41, 5.74) is 0.931. The summed E-state index contributed by atoms with van der Waals surface area (Å²) in [5.74, 6) is -0.957. The monoisotopic (exact) mass is 454 g/mol. The van der Waals surface area contributed by atoms with E-state index >= 15 is 0 Å². The molecule has 2 aromatic carbocycles. The lowest BCUT2D eigenvalue weighted by atomic mass is 9.92. The Bertz CT molecular complexity index is 1020. The molecule has 0 radical (unpaired) electrons. The Morgan fingerprint density at radius 1 is 1.03 bits per heavy atom. The number of hydrogen-bond acceptors (Lipinski definition) is 4. The summed E-state index contributed by atoms with van der Waals surface area (Å²) >= 11 is 6.24. The highest BCUT2D eigenvalue weighted by atomic mass is 35.5. The molecule has 2 fully saturated rings. The first-order valence-corrected chi connectivity index (χ1v) is 11.3. The van der Waals surface area contributed by atoms with Gasteiger partial charge in [0.15, 0.2) is 0 Å². The van der Waals surface area contributed by atoms with E-state index in [-0.39, 0.29) is 6.54 Å². The van der Waals surface area contributed by atoms with Gasteiger partial charge in [-0.2, -0.15) is 0 Å². The number of imide groups is 1. The maximum absolute atomic E-state index is 13.0. The minimum absolute atomic E-state index is 0.374. The molecule has 4 rings (SSSR count). The molecule has 0 saturated carbocycles. The number of amides is 4. The van der Waals surface area contributed by atoms with Gasteiger partial charge in [0.05, 0.1) is 0 Å². The fourth-order valence-electron chi connectivity index (χ4n) is 4.32. The Hall–Kier alpha value is -3.06. The van der Waals surface area contributed by atoms with Crippen molar-refractivity contribution in [2.75, 3.05) is 29.9 Å². The largest absolute Gasteiger partial charge is 0.372 e. The SMILES string of the molecule is CC1(c2ccccc2Cl)NC(=O)N(CC(=O)Nc2ccc(N3CCCCCC3)cc2)C1=O. The van der Waals surface area contributed by atoms with Gasteiger partial charge in [0, 0.05) is 35.1 Å². The Balaban J connectivity index is 1.40. The number of urea groups is 1. The maximum Gasteiger partial charge on any atom is 0.325 e. The molecule has 32 heavy (non-hydrogen) atoms. The molecular formula is C24H27ClN4O3. The Morgan fingerprint density at radius 3 is 2.34 bits per heavy atom. The molecule has 0 aromatic heterocycles. The summed E-state index contributed by atoms with van der Waals surface area (Å²) in [6.07, 6.45) is 4.92. The number of nitrogens with zero attached hydrogens (tertiary/aromatic N) is 2. The third-order valence-corrected chi connectivity index (χ3v) is 6.44. The molecule has 8 heteroatoms. The highest BCUT2D eigenvalue weighted by molar-refractivity contribution is 6.32. The lowest BCUT2D eigenvalue weighted by molar-refractivity contribution is -0.133. The van der Waals surface area contributed by atoms with Crippen molar-refractivity contribution in [1.82, 2.24) is 10.2 Å². The molecule has 2 saturated heterocycles. The number of rotatable bonds is 5. The molecule has 2 aliphatic heterocycles. The lowest BCUT2D eigenvalue weighted by Gasteiger charge is -2.23. The van der Waals surface area contributed by atoms with Crippen molar-refractivity contribution < 1.29 is 14.4 Å². The summed E-state index contributed by atoms with van der Waals surface area (Å²) in [7, 11) is 0. The van der Waals surface area contributed by atoms with Gasteiger partial charge in [-0.1, -0.05) is 42.6 Å². The van der Waals surface area contributed by atoms with Crippen LogP contribution in [0.3, 0.4) is 0 Å². The molecule has 0 bridgehead atoms. The van der Waals surface area contributed by atoms with Gasteiger partial charge in [0.25, 0.3) is 5.91 Å². The van der Waals surface area contributed by atoms with E-state index in [4.69, 9.17) is 11.6 Å². The Labute approximate surface area is 192 Å². The average molecular weight is 455 g/mol. The smallest absolute Gasteiger partial charge is 0.325 e. The number of hydrogen-bond donors (Lipinski definition) is 2. The van der Waals surface area contributed by atoms with Crippen LogP contribution in [0.2, 0.25) is 5.02 Å². The number of carbonyl (C=O) groups excluding carboxylic acids is 3. The van der Waals surface area contributed by atoms with Gasteiger partial charge in [-0.05, 0) is 50.1 Å². The van der Waals surface area contributed by atoms with Crippen LogP contribution < -0.4 is 15.5 Å². The van der Waals surface area contributed by atoms with E-state index in [0.29, 0.717) is 16.3 Å². The zero-order valence-electron chi connectivity index (χ0n) is 18.1. The first kappa shape index (κ1) is 22.1. The predicted molar refractivity (Wildman–Crippen MR) is 125 cm³/mol. The Kier molecular flexibility index (Phi) is 6.37. The second-order valence-electron chi connectivity index (χ2n) is 8.42. The number of anilines is 2. The van der Waals surface area contributed by atoms with Crippen LogP contribution in [0, 0.1) is 0 Å². The molecule has 0 aliphatic carbocycles. The van der Waals surface area contributed by atoms with Crippen LogP contribution in [-0.2, 0) is 15.1 Å². The van der Waals surface area contributed by atoms with E-state index in [1.54, 1.807) is 31.2 Å². The fraction of sp³-hybridized carbons (Fsp3) is 0.375. The van der Waals surface area contributed by atoms with E-state index in [1.807, 2.05) is 24.3 Å².